The third kappa shape index (κ3) is 4.68. The number of nitrogens with zero attached hydrogens (tertiary/aromatic N) is 1. The molecule has 2 atom stereocenters. The van der Waals surface area contributed by atoms with Crippen LogP contribution in [0.5, 0.6) is 5.75 Å². The Kier molecular flexibility index (Phi) is 5.94. The maximum absolute atomic E-state index is 11.9. The second kappa shape index (κ2) is 7.94. The van der Waals surface area contributed by atoms with Gasteiger partial charge in [-0.3, -0.25) is 4.79 Å². The highest BCUT2D eigenvalue weighted by atomic mass is 32.2. The Balaban J connectivity index is 1.77. The largest absolute Gasteiger partial charge is 0.482 e. The maximum Gasteiger partial charge on any atom is 0.258 e. The van der Waals surface area contributed by atoms with Crippen LogP contribution in [-0.2, 0) is 4.79 Å². The van der Waals surface area contributed by atoms with Crippen molar-refractivity contribution in [2.45, 2.75) is 37.5 Å². The molecule has 2 rings (SSSR count). The average Bonchev–Trinajstić information content (AvgIpc) is 2.93. The molecule has 0 aliphatic heterocycles. The zero-order chi connectivity index (χ0) is 15.1. The number of benzene rings is 1. The summed E-state index contributed by atoms with van der Waals surface area (Å²) < 4.78 is 5.43. The zero-order valence-corrected chi connectivity index (χ0v) is 13.0. The van der Waals surface area contributed by atoms with Crippen LogP contribution in [0.1, 0.15) is 31.7 Å². The molecule has 1 aromatic rings. The molecule has 2 unspecified atom stereocenters. The summed E-state index contributed by atoms with van der Waals surface area (Å²) in [6.45, 7) is 2.12. The standard InChI is InChI=1S/C16H20N2O2S/c1-2-21-14-8-7-13(9-14)18-16(19)11-20-15-6-4-3-5-12(15)10-17/h3-6,13-14H,2,7-9,11H2,1H3,(H,18,19). The minimum absolute atomic E-state index is 0.0409. The van der Waals surface area contributed by atoms with E-state index in [1.54, 1.807) is 24.3 Å². The van der Waals surface area contributed by atoms with Crippen molar-refractivity contribution in [1.82, 2.24) is 5.32 Å². The Morgan fingerprint density at radius 3 is 3.05 bits per heavy atom. The molecule has 0 bridgehead atoms. The fourth-order valence-electron chi connectivity index (χ4n) is 2.56. The van der Waals surface area contributed by atoms with E-state index >= 15 is 0 Å². The van der Waals surface area contributed by atoms with Gasteiger partial charge in [0.1, 0.15) is 11.8 Å². The van der Waals surface area contributed by atoms with E-state index in [1.165, 1.54) is 6.42 Å². The average molecular weight is 304 g/mol. The number of amides is 1. The van der Waals surface area contributed by atoms with Crippen LogP contribution in [-0.4, -0.2) is 29.6 Å². The van der Waals surface area contributed by atoms with Crippen molar-refractivity contribution in [2.75, 3.05) is 12.4 Å². The van der Waals surface area contributed by atoms with Crippen molar-refractivity contribution in [3.05, 3.63) is 29.8 Å². The molecule has 1 saturated carbocycles. The summed E-state index contributed by atoms with van der Waals surface area (Å²) in [5, 5.41) is 12.6. The minimum atomic E-state index is -0.116. The number of carbonyl (C=O) groups excluding carboxylic acids is 1. The normalized spacial score (nSPS) is 20.8. The summed E-state index contributed by atoms with van der Waals surface area (Å²) in [6.07, 6.45) is 3.25. The summed E-state index contributed by atoms with van der Waals surface area (Å²) >= 11 is 1.97. The van der Waals surface area contributed by atoms with Crippen LogP contribution in [0.3, 0.4) is 0 Å². The van der Waals surface area contributed by atoms with Crippen LogP contribution >= 0.6 is 11.8 Å². The number of thioether (sulfide) groups is 1. The molecular weight excluding hydrogens is 284 g/mol. The number of para-hydroxylation sites is 1. The molecular formula is C16H20N2O2S. The van der Waals surface area contributed by atoms with Crippen LogP contribution in [0, 0.1) is 11.3 Å². The SMILES string of the molecule is CCSC1CCC(NC(=O)COc2ccccc2C#N)C1. The first kappa shape index (κ1) is 15.7. The molecule has 1 fully saturated rings. The molecule has 1 aromatic carbocycles. The molecule has 112 valence electrons. The minimum Gasteiger partial charge on any atom is -0.482 e. The number of ether oxygens (including phenoxy) is 1. The monoisotopic (exact) mass is 304 g/mol. The van der Waals surface area contributed by atoms with E-state index in [2.05, 4.69) is 18.3 Å². The molecule has 5 heteroatoms. The third-order valence-corrected chi connectivity index (χ3v) is 4.75. The topological polar surface area (TPSA) is 62.1 Å². The molecule has 0 saturated heterocycles. The van der Waals surface area contributed by atoms with Gasteiger partial charge >= 0.3 is 0 Å². The molecule has 1 amide bonds. The van der Waals surface area contributed by atoms with Crippen LogP contribution < -0.4 is 10.1 Å². The van der Waals surface area contributed by atoms with Gasteiger partial charge in [-0.1, -0.05) is 19.1 Å². The highest BCUT2D eigenvalue weighted by Crippen LogP contribution is 2.29. The number of rotatable bonds is 6. The van der Waals surface area contributed by atoms with Crippen molar-refractivity contribution in [3.63, 3.8) is 0 Å². The van der Waals surface area contributed by atoms with E-state index in [1.807, 2.05) is 11.8 Å². The lowest BCUT2D eigenvalue weighted by molar-refractivity contribution is -0.123. The lowest BCUT2D eigenvalue weighted by atomic mass is 10.2. The molecule has 1 N–H and O–H groups in total. The highest BCUT2D eigenvalue weighted by Gasteiger charge is 2.25. The molecule has 21 heavy (non-hydrogen) atoms. The van der Waals surface area contributed by atoms with Gasteiger partial charge < -0.3 is 10.1 Å². The van der Waals surface area contributed by atoms with Gasteiger partial charge in [-0.05, 0) is 37.1 Å². The smallest absolute Gasteiger partial charge is 0.258 e. The number of hydrogen-bond acceptors (Lipinski definition) is 4. The van der Waals surface area contributed by atoms with E-state index < -0.39 is 0 Å². The first-order valence-electron chi connectivity index (χ1n) is 7.25. The van der Waals surface area contributed by atoms with E-state index in [0.717, 1.165) is 18.6 Å². The maximum atomic E-state index is 11.9. The Morgan fingerprint density at radius 2 is 2.29 bits per heavy atom. The molecule has 1 aliphatic rings. The van der Waals surface area contributed by atoms with Gasteiger partial charge in [-0.2, -0.15) is 17.0 Å². The van der Waals surface area contributed by atoms with Gasteiger partial charge in [-0.15, -0.1) is 0 Å². The van der Waals surface area contributed by atoms with Gasteiger partial charge in [0, 0.05) is 11.3 Å². The third-order valence-electron chi connectivity index (χ3n) is 3.52. The Morgan fingerprint density at radius 1 is 1.48 bits per heavy atom. The van der Waals surface area contributed by atoms with E-state index in [0.29, 0.717) is 16.6 Å². The van der Waals surface area contributed by atoms with Crippen molar-refractivity contribution in [2.24, 2.45) is 0 Å². The summed E-state index contributed by atoms with van der Waals surface area (Å²) in [7, 11) is 0. The second-order valence-electron chi connectivity index (χ2n) is 5.05. The van der Waals surface area contributed by atoms with Crippen molar-refractivity contribution in [1.29, 1.82) is 5.26 Å². The molecule has 0 aromatic heterocycles. The van der Waals surface area contributed by atoms with Gasteiger partial charge in [0.2, 0.25) is 0 Å². The first-order valence-corrected chi connectivity index (χ1v) is 8.30. The Labute approximate surface area is 129 Å². The lowest BCUT2D eigenvalue weighted by Crippen LogP contribution is -2.36. The fraction of sp³-hybridized carbons (Fsp3) is 0.500. The summed E-state index contributed by atoms with van der Waals surface area (Å²) in [4.78, 5) is 11.9. The van der Waals surface area contributed by atoms with E-state index in [-0.39, 0.29) is 18.6 Å². The molecule has 0 heterocycles. The Hall–Kier alpha value is -1.67. The highest BCUT2D eigenvalue weighted by molar-refractivity contribution is 7.99. The zero-order valence-electron chi connectivity index (χ0n) is 12.2. The molecule has 0 spiro atoms. The first-order chi connectivity index (χ1) is 10.2. The van der Waals surface area contributed by atoms with Crippen molar-refractivity contribution in [3.8, 4) is 11.8 Å². The van der Waals surface area contributed by atoms with Crippen molar-refractivity contribution < 1.29 is 9.53 Å². The molecule has 1 aliphatic carbocycles. The quantitative estimate of drug-likeness (QED) is 0.878. The van der Waals surface area contributed by atoms with Gasteiger partial charge in [0.25, 0.3) is 5.91 Å². The van der Waals surface area contributed by atoms with Crippen LogP contribution in [0.2, 0.25) is 0 Å². The molecule has 4 nitrogen and oxygen atoms in total. The van der Waals surface area contributed by atoms with E-state index in [4.69, 9.17) is 10.00 Å². The second-order valence-corrected chi connectivity index (χ2v) is 6.63. The predicted octanol–water partition coefficient (Wildman–Crippen LogP) is 2.73. The molecule has 0 radical (unpaired) electrons. The summed E-state index contributed by atoms with van der Waals surface area (Å²) in [5.74, 6) is 1.47. The lowest BCUT2D eigenvalue weighted by Gasteiger charge is -2.14. The van der Waals surface area contributed by atoms with Crippen LogP contribution in [0.15, 0.2) is 24.3 Å². The van der Waals surface area contributed by atoms with Crippen LogP contribution in [0.25, 0.3) is 0 Å². The fourth-order valence-corrected chi connectivity index (χ4v) is 3.70. The van der Waals surface area contributed by atoms with Gasteiger partial charge in [0.15, 0.2) is 6.61 Å². The number of carbonyl (C=O) groups is 1. The number of nitriles is 1. The summed E-state index contributed by atoms with van der Waals surface area (Å²) in [6, 6.07) is 9.26. The number of nitrogens with one attached hydrogen (secondary N) is 1. The van der Waals surface area contributed by atoms with Gasteiger partial charge in [-0.25, -0.2) is 0 Å². The van der Waals surface area contributed by atoms with Gasteiger partial charge in [0.05, 0.1) is 5.56 Å². The summed E-state index contributed by atoms with van der Waals surface area (Å²) in [5.41, 5.74) is 0.450. The van der Waals surface area contributed by atoms with E-state index in [9.17, 15) is 4.79 Å². The van der Waals surface area contributed by atoms with Crippen LogP contribution in [0.4, 0.5) is 0 Å². The number of hydrogen-bond donors (Lipinski definition) is 1. The van der Waals surface area contributed by atoms with Crippen molar-refractivity contribution >= 4 is 17.7 Å². The Bertz CT molecular complexity index is 527. The predicted molar refractivity (Wildman–Crippen MR) is 84.4 cm³/mol.